The van der Waals surface area contributed by atoms with Gasteiger partial charge in [-0.3, -0.25) is 0 Å². The summed E-state index contributed by atoms with van der Waals surface area (Å²) >= 11 is 0. The van der Waals surface area contributed by atoms with E-state index in [1.54, 1.807) is 18.4 Å². The van der Waals surface area contributed by atoms with E-state index in [1.807, 2.05) is 0 Å². The SMILES string of the molecule is CCCCN(C)S(=O)(=O)N(C)C1CC2CCC(C1)N2. The average molecular weight is 289 g/mol. The van der Waals surface area contributed by atoms with Gasteiger partial charge in [0.05, 0.1) is 0 Å². The molecule has 2 bridgehead atoms. The molecule has 0 aromatic rings. The first-order valence-electron chi connectivity index (χ1n) is 7.40. The number of piperidine rings is 1. The van der Waals surface area contributed by atoms with Crippen LogP contribution in [0.5, 0.6) is 0 Å². The van der Waals surface area contributed by atoms with Gasteiger partial charge in [-0.25, -0.2) is 0 Å². The Morgan fingerprint density at radius 2 is 1.74 bits per heavy atom. The number of nitrogens with one attached hydrogen (secondary N) is 1. The molecule has 19 heavy (non-hydrogen) atoms. The summed E-state index contributed by atoms with van der Waals surface area (Å²) in [7, 11) is 0.144. The second-order valence-electron chi connectivity index (χ2n) is 5.96. The highest BCUT2D eigenvalue weighted by atomic mass is 32.2. The van der Waals surface area contributed by atoms with Crippen LogP contribution in [0.1, 0.15) is 45.4 Å². The molecule has 0 radical (unpaired) electrons. The van der Waals surface area contributed by atoms with Gasteiger partial charge >= 0.3 is 0 Å². The van der Waals surface area contributed by atoms with Gasteiger partial charge < -0.3 is 5.32 Å². The Balaban J connectivity index is 1.99. The zero-order valence-corrected chi connectivity index (χ0v) is 13.1. The first-order valence-corrected chi connectivity index (χ1v) is 8.80. The molecule has 2 unspecified atom stereocenters. The van der Waals surface area contributed by atoms with Crippen LogP contribution in [0, 0.1) is 0 Å². The topological polar surface area (TPSA) is 52.7 Å². The highest BCUT2D eigenvalue weighted by Crippen LogP contribution is 2.30. The van der Waals surface area contributed by atoms with E-state index in [1.165, 1.54) is 17.1 Å². The molecule has 1 N–H and O–H groups in total. The smallest absolute Gasteiger partial charge is 0.281 e. The summed E-state index contributed by atoms with van der Waals surface area (Å²) in [5.41, 5.74) is 0. The predicted molar refractivity (Wildman–Crippen MR) is 77.2 cm³/mol. The Morgan fingerprint density at radius 3 is 2.26 bits per heavy atom. The van der Waals surface area contributed by atoms with E-state index in [-0.39, 0.29) is 6.04 Å². The lowest BCUT2D eigenvalue weighted by Gasteiger charge is -2.36. The minimum atomic E-state index is -3.29. The maximum absolute atomic E-state index is 12.5. The second kappa shape index (κ2) is 6.08. The van der Waals surface area contributed by atoms with E-state index >= 15 is 0 Å². The van der Waals surface area contributed by atoms with Crippen molar-refractivity contribution in [3.63, 3.8) is 0 Å². The highest BCUT2D eigenvalue weighted by molar-refractivity contribution is 7.86. The van der Waals surface area contributed by atoms with E-state index in [4.69, 9.17) is 0 Å². The molecule has 0 amide bonds. The molecular weight excluding hydrogens is 262 g/mol. The van der Waals surface area contributed by atoms with Crippen molar-refractivity contribution in [1.82, 2.24) is 13.9 Å². The number of nitrogens with zero attached hydrogens (tertiary/aromatic N) is 2. The monoisotopic (exact) mass is 289 g/mol. The minimum absolute atomic E-state index is 0.160. The molecule has 2 rings (SSSR count). The average Bonchev–Trinajstić information content (AvgIpc) is 2.73. The first-order chi connectivity index (χ1) is 8.95. The third kappa shape index (κ3) is 3.29. The van der Waals surface area contributed by atoms with Crippen LogP contribution in [0.2, 0.25) is 0 Å². The van der Waals surface area contributed by atoms with Crippen LogP contribution >= 0.6 is 0 Å². The van der Waals surface area contributed by atoms with Crippen molar-refractivity contribution in [3.8, 4) is 0 Å². The summed E-state index contributed by atoms with van der Waals surface area (Å²) in [5, 5.41) is 3.56. The van der Waals surface area contributed by atoms with Crippen molar-refractivity contribution in [2.24, 2.45) is 0 Å². The summed E-state index contributed by atoms with van der Waals surface area (Å²) in [6.07, 6.45) is 6.23. The lowest BCUT2D eigenvalue weighted by molar-refractivity contribution is 0.240. The summed E-state index contributed by atoms with van der Waals surface area (Å²) in [4.78, 5) is 0. The molecule has 112 valence electrons. The van der Waals surface area contributed by atoms with Crippen LogP contribution in [0.3, 0.4) is 0 Å². The van der Waals surface area contributed by atoms with Crippen molar-refractivity contribution in [2.45, 2.75) is 63.6 Å². The number of fused-ring (bicyclic) bond motifs is 2. The molecule has 5 nitrogen and oxygen atoms in total. The normalized spacial score (nSPS) is 31.3. The van der Waals surface area contributed by atoms with Crippen LogP contribution in [-0.4, -0.2) is 55.8 Å². The summed E-state index contributed by atoms with van der Waals surface area (Å²) in [6, 6.07) is 1.19. The molecule has 2 heterocycles. The van der Waals surface area contributed by atoms with Gasteiger partial charge in [-0.15, -0.1) is 0 Å². The number of unbranched alkanes of at least 4 members (excludes halogenated alkanes) is 1. The van der Waals surface area contributed by atoms with E-state index in [9.17, 15) is 8.42 Å². The van der Waals surface area contributed by atoms with Gasteiger partial charge in [-0.1, -0.05) is 13.3 Å². The Labute approximate surface area is 117 Å². The molecular formula is C13H27N3O2S. The molecule has 2 atom stereocenters. The number of hydrogen-bond acceptors (Lipinski definition) is 3. The molecule has 0 aromatic carbocycles. The maximum atomic E-state index is 12.5. The maximum Gasteiger partial charge on any atom is 0.281 e. The standard InChI is InChI=1S/C13H27N3O2S/c1-4-5-8-15(2)19(17,18)16(3)13-9-11-6-7-12(10-13)14-11/h11-14H,4-10H2,1-3H3. The molecule has 2 saturated heterocycles. The van der Waals surface area contributed by atoms with E-state index in [0.29, 0.717) is 18.6 Å². The van der Waals surface area contributed by atoms with E-state index in [0.717, 1.165) is 25.7 Å². The predicted octanol–water partition coefficient (Wildman–Crippen LogP) is 1.18. The molecule has 0 saturated carbocycles. The fourth-order valence-electron chi connectivity index (χ4n) is 3.23. The van der Waals surface area contributed by atoms with Gasteiger partial charge in [0, 0.05) is 38.8 Å². The first kappa shape index (κ1) is 15.2. The lowest BCUT2D eigenvalue weighted by atomic mass is 10.0. The van der Waals surface area contributed by atoms with Gasteiger partial charge in [0.1, 0.15) is 0 Å². The van der Waals surface area contributed by atoms with Crippen molar-refractivity contribution in [1.29, 1.82) is 0 Å². The van der Waals surface area contributed by atoms with Gasteiger partial charge in [0.15, 0.2) is 0 Å². The third-order valence-corrected chi connectivity index (χ3v) is 6.54. The lowest BCUT2D eigenvalue weighted by Crippen LogP contribution is -2.51. The molecule has 2 aliphatic rings. The van der Waals surface area contributed by atoms with Crippen LogP contribution in [-0.2, 0) is 10.2 Å². The van der Waals surface area contributed by atoms with Gasteiger partial charge in [-0.2, -0.15) is 17.0 Å². The van der Waals surface area contributed by atoms with Crippen LogP contribution in [0.4, 0.5) is 0 Å². The van der Waals surface area contributed by atoms with E-state index < -0.39 is 10.2 Å². The van der Waals surface area contributed by atoms with Gasteiger partial charge in [0.25, 0.3) is 10.2 Å². The van der Waals surface area contributed by atoms with Crippen molar-refractivity contribution in [2.75, 3.05) is 20.6 Å². The Morgan fingerprint density at radius 1 is 1.16 bits per heavy atom. The molecule has 2 aliphatic heterocycles. The highest BCUT2D eigenvalue weighted by Gasteiger charge is 2.39. The molecule has 0 aliphatic carbocycles. The van der Waals surface area contributed by atoms with Crippen molar-refractivity contribution >= 4 is 10.2 Å². The largest absolute Gasteiger partial charge is 0.311 e. The quantitative estimate of drug-likeness (QED) is 0.799. The summed E-state index contributed by atoms with van der Waals surface area (Å²) < 4.78 is 28.1. The Hall–Kier alpha value is -0.170. The van der Waals surface area contributed by atoms with Crippen LogP contribution < -0.4 is 5.32 Å². The fourth-order valence-corrected chi connectivity index (χ4v) is 4.58. The number of hydrogen-bond donors (Lipinski definition) is 1. The zero-order valence-electron chi connectivity index (χ0n) is 12.3. The summed E-state index contributed by atoms with van der Waals surface area (Å²) in [6.45, 7) is 2.69. The molecule has 6 heteroatoms. The molecule has 2 fully saturated rings. The van der Waals surface area contributed by atoms with Crippen molar-refractivity contribution in [3.05, 3.63) is 0 Å². The van der Waals surface area contributed by atoms with Crippen molar-refractivity contribution < 1.29 is 8.42 Å². The van der Waals surface area contributed by atoms with Gasteiger partial charge in [0.2, 0.25) is 0 Å². The Bertz CT molecular complexity index is 387. The number of rotatable bonds is 6. The Kier molecular flexibility index (Phi) is 4.87. The minimum Gasteiger partial charge on any atom is -0.311 e. The summed E-state index contributed by atoms with van der Waals surface area (Å²) in [5.74, 6) is 0. The third-order valence-electron chi connectivity index (χ3n) is 4.55. The van der Waals surface area contributed by atoms with E-state index in [2.05, 4.69) is 12.2 Å². The molecule has 0 spiro atoms. The zero-order chi connectivity index (χ0) is 14.0. The van der Waals surface area contributed by atoms with Crippen LogP contribution in [0.25, 0.3) is 0 Å². The van der Waals surface area contributed by atoms with Crippen LogP contribution in [0.15, 0.2) is 0 Å². The fraction of sp³-hybridized carbons (Fsp3) is 1.00. The second-order valence-corrected chi connectivity index (χ2v) is 8.06. The molecule has 0 aromatic heterocycles. The van der Waals surface area contributed by atoms with Gasteiger partial charge in [-0.05, 0) is 32.1 Å².